The Morgan fingerprint density at radius 3 is 2.69 bits per heavy atom. The minimum absolute atomic E-state index is 0.00435. The van der Waals surface area contributed by atoms with E-state index in [2.05, 4.69) is 15.6 Å². The van der Waals surface area contributed by atoms with E-state index in [1.165, 1.54) is 19.2 Å². The number of rotatable bonds is 2. The molecule has 0 spiro atoms. The molecular weight excluding hydrogens is 211 g/mol. The van der Waals surface area contributed by atoms with Crippen LogP contribution in [0.4, 0.5) is 4.39 Å². The summed E-state index contributed by atoms with van der Waals surface area (Å²) in [5.74, 6) is -0.559. The quantitative estimate of drug-likeness (QED) is 0.733. The van der Waals surface area contributed by atoms with E-state index in [-0.39, 0.29) is 23.9 Å². The average molecular weight is 224 g/mol. The molecule has 0 amide bonds. The molecule has 1 heterocycles. The van der Waals surface area contributed by atoms with Crippen LogP contribution < -0.4 is 10.9 Å². The van der Waals surface area contributed by atoms with Gasteiger partial charge in [-0.3, -0.25) is 4.79 Å². The van der Waals surface area contributed by atoms with Crippen LogP contribution in [0.15, 0.2) is 24.3 Å². The van der Waals surface area contributed by atoms with Gasteiger partial charge in [0.25, 0.3) is 0 Å². The van der Waals surface area contributed by atoms with Gasteiger partial charge in [0, 0.05) is 6.04 Å². The molecule has 2 rings (SSSR count). The molecule has 1 aliphatic rings. The Hall–Kier alpha value is -1.46. The van der Waals surface area contributed by atoms with Crippen molar-refractivity contribution in [3.05, 3.63) is 35.6 Å². The van der Waals surface area contributed by atoms with Crippen molar-refractivity contribution in [2.75, 3.05) is 7.11 Å². The number of methoxy groups -OCH3 is 1. The molecule has 0 aliphatic carbocycles. The minimum atomic E-state index is -0.347. The lowest BCUT2D eigenvalue weighted by Crippen LogP contribution is -2.36. The van der Waals surface area contributed by atoms with Gasteiger partial charge in [-0.2, -0.15) is 0 Å². The molecule has 5 heteroatoms. The van der Waals surface area contributed by atoms with Crippen molar-refractivity contribution in [3.8, 4) is 0 Å². The second kappa shape index (κ2) is 4.59. The number of hydrogen-bond donors (Lipinski definition) is 2. The van der Waals surface area contributed by atoms with Gasteiger partial charge in [0.2, 0.25) is 0 Å². The monoisotopic (exact) mass is 224 g/mol. The highest BCUT2D eigenvalue weighted by molar-refractivity contribution is 5.76. The summed E-state index contributed by atoms with van der Waals surface area (Å²) in [4.78, 5) is 11.3. The summed E-state index contributed by atoms with van der Waals surface area (Å²) in [7, 11) is 1.36. The van der Waals surface area contributed by atoms with Crippen LogP contribution >= 0.6 is 0 Å². The number of nitrogens with one attached hydrogen (secondary N) is 2. The van der Waals surface area contributed by atoms with Crippen LogP contribution in [0.3, 0.4) is 0 Å². The number of hydrazine groups is 1. The van der Waals surface area contributed by atoms with Crippen molar-refractivity contribution in [1.29, 1.82) is 0 Å². The van der Waals surface area contributed by atoms with Crippen LogP contribution in [0.2, 0.25) is 0 Å². The first-order valence-corrected chi connectivity index (χ1v) is 5.05. The second-order valence-corrected chi connectivity index (χ2v) is 3.70. The molecule has 0 saturated carbocycles. The first-order chi connectivity index (χ1) is 7.70. The molecule has 0 radical (unpaired) electrons. The van der Waals surface area contributed by atoms with Gasteiger partial charge in [-0.25, -0.2) is 15.2 Å². The Morgan fingerprint density at radius 2 is 2.06 bits per heavy atom. The van der Waals surface area contributed by atoms with Gasteiger partial charge in [0.1, 0.15) is 11.9 Å². The van der Waals surface area contributed by atoms with Gasteiger partial charge >= 0.3 is 5.97 Å². The van der Waals surface area contributed by atoms with Crippen molar-refractivity contribution >= 4 is 5.97 Å². The molecule has 0 bridgehead atoms. The van der Waals surface area contributed by atoms with Crippen molar-refractivity contribution in [2.45, 2.75) is 18.5 Å². The molecule has 1 aromatic rings. The molecular formula is C11H13FN2O2. The molecule has 1 aromatic carbocycles. The van der Waals surface area contributed by atoms with Gasteiger partial charge in [-0.05, 0) is 24.1 Å². The van der Waals surface area contributed by atoms with Crippen LogP contribution in [0.5, 0.6) is 0 Å². The van der Waals surface area contributed by atoms with Crippen molar-refractivity contribution in [3.63, 3.8) is 0 Å². The van der Waals surface area contributed by atoms with Gasteiger partial charge in [0.05, 0.1) is 7.11 Å². The molecule has 2 unspecified atom stereocenters. The number of esters is 1. The van der Waals surface area contributed by atoms with Gasteiger partial charge < -0.3 is 4.74 Å². The predicted octanol–water partition coefficient (Wildman–Crippen LogP) is 0.906. The first kappa shape index (κ1) is 11.0. The first-order valence-electron chi connectivity index (χ1n) is 5.05. The van der Waals surface area contributed by atoms with Crippen molar-refractivity contribution in [1.82, 2.24) is 10.9 Å². The van der Waals surface area contributed by atoms with E-state index in [4.69, 9.17) is 0 Å². The highest BCUT2D eigenvalue weighted by atomic mass is 19.1. The van der Waals surface area contributed by atoms with E-state index in [0.717, 1.165) is 5.56 Å². The molecule has 4 nitrogen and oxygen atoms in total. The molecule has 0 aromatic heterocycles. The molecule has 1 saturated heterocycles. The Balaban J connectivity index is 2.03. The van der Waals surface area contributed by atoms with Crippen LogP contribution in [-0.2, 0) is 9.53 Å². The maximum Gasteiger partial charge on any atom is 0.324 e. The molecule has 86 valence electrons. The third-order valence-electron chi connectivity index (χ3n) is 2.66. The summed E-state index contributed by atoms with van der Waals surface area (Å²) in [6, 6.07) is 5.87. The van der Waals surface area contributed by atoms with Crippen LogP contribution in [0.1, 0.15) is 18.0 Å². The number of carbonyl (C=O) groups is 1. The van der Waals surface area contributed by atoms with E-state index in [0.29, 0.717) is 6.42 Å². The third-order valence-corrected chi connectivity index (χ3v) is 2.66. The summed E-state index contributed by atoms with van der Waals surface area (Å²) in [5, 5.41) is 0. The summed E-state index contributed by atoms with van der Waals surface area (Å²) in [6.07, 6.45) is 0.596. The Labute approximate surface area is 92.8 Å². The molecule has 1 aliphatic heterocycles. The second-order valence-electron chi connectivity index (χ2n) is 3.70. The predicted molar refractivity (Wildman–Crippen MR) is 55.8 cm³/mol. The number of carbonyl (C=O) groups excluding carboxylic acids is 1. The van der Waals surface area contributed by atoms with Crippen LogP contribution in [0.25, 0.3) is 0 Å². The Kier molecular flexibility index (Phi) is 3.17. The summed E-state index contributed by atoms with van der Waals surface area (Å²) in [5.41, 5.74) is 6.78. The average Bonchev–Trinajstić information content (AvgIpc) is 2.78. The van der Waals surface area contributed by atoms with E-state index >= 15 is 0 Å². The van der Waals surface area contributed by atoms with E-state index < -0.39 is 0 Å². The zero-order valence-corrected chi connectivity index (χ0v) is 8.87. The molecule has 1 fully saturated rings. The lowest BCUT2D eigenvalue weighted by atomic mass is 10.0. The Morgan fingerprint density at radius 1 is 1.38 bits per heavy atom. The van der Waals surface area contributed by atoms with Crippen molar-refractivity contribution < 1.29 is 13.9 Å². The summed E-state index contributed by atoms with van der Waals surface area (Å²) >= 11 is 0. The third kappa shape index (κ3) is 2.20. The number of halogens is 1. The van der Waals surface area contributed by atoms with E-state index in [1.54, 1.807) is 12.1 Å². The largest absolute Gasteiger partial charge is 0.468 e. The lowest BCUT2D eigenvalue weighted by Gasteiger charge is -2.08. The minimum Gasteiger partial charge on any atom is -0.468 e. The van der Waals surface area contributed by atoms with E-state index in [1.807, 2.05) is 0 Å². The standard InChI is InChI=1S/C11H13FN2O2/c1-16-11(15)10-6-9(13-14-10)7-2-4-8(12)5-3-7/h2-5,9-10,13-14H,6H2,1H3. The molecule has 2 N–H and O–H groups in total. The Bertz CT molecular complexity index is 380. The summed E-state index contributed by atoms with van der Waals surface area (Å²) < 4.78 is 17.4. The maximum atomic E-state index is 12.7. The van der Waals surface area contributed by atoms with Gasteiger partial charge in [0.15, 0.2) is 0 Å². The highest BCUT2D eigenvalue weighted by Crippen LogP contribution is 2.22. The molecule has 2 atom stereocenters. The SMILES string of the molecule is COC(=O)C1CC(c2ccc(F)cc2)NN1. The maximum absolute atomic E-state index is 12.7. The fraction of sp³-hybridized carbons (Fsp3) is 0.364. The smallest absolute Gasteiger partial charge is 0.324 e. The lowest BCUT2D eigenvalue weighted by molar-refractivity contribution is -0.142. The highest BCUT2D eigenvalue weighted by Gasteiger charge is 2.30. The van der Waals surface area contributed by atoms with Crippen LogP contribution in [-0.4, -0.2) is 19.1 Å². The van der Waals surface area contributed by atoms with E-state index in [9.17, 15) is 9.18 Å². The normalized spacial score (nSPS) is 24.4. The van der Waals surface area contributed by atoms with Gasteiger partial charge in [-0.15, -0.1) is 0 Å². The molecule has 16 heavy (non-hydrogen) atoms. The zero-order valence-electron chi connectivity index (χ0n) is 8.87. The van der Waals surface area contributed by atoms with Crippen molar-refractivity contribution in [2.24, 2.45) is 0 Å². The zero-order chi connectivity index (χ0) is 11.5. The number of benzene rings is 1. The summed E-state index contributed by atoms with van der Waals surface area (Å²) in [6.45, 7) is 0. The number of hydrogen-bond acceptors (Lipinski definition) is 4. The van der Waals surface area contributed by atoms with Crippen LogP contribution in [0, 0.1) is 5.82 Å². The van der Waals surface area contributed by atoms with Gasteiger partial charge in [-0.1, -0.05) is 12.1 Å². The fourth-order valence-electron chi connectivity index (χ4n) is 1.77. The number of ether oxygens (including phenoxy) is 1. The topological polar surface area (TPSA) is 50.4 Å². The fourth-order valence-corrected chi connectivity index (χ4v) is 1.77.